The van der Waals surface area contributed by atoms with E-state index in [0.29, 0.717) is 12.6 Å². The van der Waals surface area contributed by atoms with E-state index in [1.165, 1.54) is 44.2 Å². The summed E-state index contributed by atoms with van der Waals surface area (Å²) in [6, 6.07) is 0.374. The van der Waals surface area contributed by atoms with E-state index in [0.717, 1.165) is 18.0 Å². The predicted molar refractivity (Wildman–Crippen MR) is 73.2 cm³/mol. The Morgan fingerprint density at radius 1 is 1.28 bits per heavy atom. The molecule has 1 fully saturated rings. The Balaban J connectivity index is 2.00. The summed E-state index contributed by atoms with van der Waals surface area (Å²) in [5.41, 5.74) is 8.00. The summed E-state index contributed by atoms with van der Waals surface area (Å²) >= 11 is 0. The molecule has 1 saturated carbocycles. The van der Waals surface area contributed by atoms with E-state index < -0.39 is 0 Å². The van der Waals surface area contributed by atoms with E-state index in [1.807, 2.05) is 4.68 Å². The maximum atomic E-state index is 5.76. The van der Waals surface area contributed by atoms with Gasteiger partial charge in [0, 0.05) is 12.6 Å². The van der Waals surface area contributed by atoms with Gasteiger partial charge in [-0.1, -0.05) is 37.3 Å². The van der Waals surface area contributed by atoms with Crippen LogP contribution in [0.1, 0.15) is 69.8 Å². The number of rotatable bonds is 5. The van der Waals surface area contributed by atoms with Gasteiger partial charge in [0.15, 0.2) is 0 Å². The molecule has 0 aliphatic heterocycles. The number of nitrogens with two attached hydrogens (primary N) is 1. The molecule has 0 atom stereocenters. The van der Waals surface area contributed by atoms with Crippen molar-refractivity contribution in [3.8, 4) is 0 Å². The molecule has 2 N–H and O–H groups in total. The van der Waals surface area contributed by atoms with Crippen LogP contribution >= 0.6 is 0 Å². The molecule has 1 aliphatic rings. The number of nitrogens with zero attached hydrogens (tertiary/aromatic N) is 3. The normalized spacial score (nSPS) is 17.6. The third kappa shape index (κ3) is 3.10. The summed E-state index contributed by atoms with van der Waals surface area (Å²) in [7, 11) is 0. The molecule has 0 bridgehead atoms. The number of hydrogen-bond donors (Lipinski definition) is 1. The van der Waals surface area contributed by atoms with Crippen molar-refractivity contribution in [2.75, 3.05) is 0 Å². The first-order valence-corrected chi connectivity index (χ1v) is 7.35. The Morgan fingerprint density at radius 3 is 2.61 bits per heavy atom. The highest BCUT2D eigenvalue weighted by Gasteiger charge is 2.18. The summed E-state index contributed by atoms with van der Waals surface area (Å²) in [6.45, 7) is 4.81. The Kier molecular flexibility index (Phi) is 4.75. The average molecular weight is 250 g/mol. The lowest BCUT2D eigenvalue weighted by Gasteiger charge is -2.21. The molecule has 0 unspecified atom stereocenters. The average Bonchev–Trinajstić information content (AvgIpc) is 2.80. The minimum Gasteiger partial charge on any atom is -0.325 e. The van der Waals surface area contributed by atoms with Crippen LogP contribution < -0.4 is 5.73 Å². The first-order valence-electron chi connectivity index (χ1n) is 7.35. The van der Waals surface area contributed by atoms with Crippen LogP contribution in [0.15, 0.2) is 0 Å². The van der Waals surface area contributed by atoms with Crippen LogP contribution in [0.2, 0.25) is 0 Å². The van der Waals surface area contributed by atoms with Crippen molar-refractivity contribution in [3.05, 3.63) is 11.4 Å². The van der Waals surface area contributed by atoms with Gasteiger partial charge in [0.1, 0.15) is 0 Å². The smallest absolute Gasteiger partial charge is 0.0994 e. The van der Waals surface area contributed by atoms with Crippen molar-refractivity contribution in [2.24, 2.45) is 11.7 Å². The molecule has 0 spiro atoms. The maximum Gasteiger partial charge on any atom is 0.0994 e. The molecule has 1 aromatic heterocycles. The van der Waals surface area contributed by atoms with E-state index in [2.05, 4.69) is 24.2 Å². The summed E-state index contributed by atoms with van der Waals surface area (Å²) in [6.07, 6.45) is 9.42. The van der Waals surface area contributed by atoms with E-state index in [1.54, 1.807) is 0 Å². The molecule has 1 heterocycles. The van der Waals surface area contributed by atoms with Gasteiger partial charge in [-0.05, 0) is 32.6 Å². The van der Waals surface area contributed by atoms with Crippen molar-refractivity contribution in [2.45, 2.75) is 71.4 Å². The molecule has 2 rings (SSSR count). The monoisotopic (exact) mass is 250 g/mol. The van der Waals surface area contributed by atoms with E-state index >= 15 is 0 Å². The topological polar surface area (TPSA) is 56.7 Å². The van der Waals surface area contributed by atoms with Gasteiger partial charge in [-0.3, -0.25) is 0 Å². The molecule has 0 radical (unpaired) electrons. The van der Waals surface area contributed by atoms with Crippen molar-refractivity contribution in [1.82, 2.24) is 15.0 Å². The molecule has 102 valence electrons. The Labute approximate surface area is 110 Å². The van der Waals surface area contributed by atoms with E-state index in [-0.39, 0.29) is 0 Å². The van der Waals surface area contributed by atoms with Gasteiger partial charge in [0.25, 0.3) is 0 Å². The molecule has 4 heteroatoms. The molecule has 0 aromatic carbocycles. The molecule has 0 amide bonds. The lowest BCUT2D eigenvalue weighted by molar-refractivity contribution is 0.334. The zero-order valence-corrected chi connectivity index (χ0v) is 11.7. The predicted octanol–water partition coefficient (Wildman–Crippen LogP) is 2.83. The first kappa shape index (κ1) is 13.5. The maximum absolute atomic E-state index is 5.76. The van der Waals surface area contributed by atoms with Crippen LogP contribution in [-0.2, 0) is 13.0 Å². The Morgan fingerprint density at radius 2 is 2.00 bits per heavy atom. The van der Waals surface area contributed by atoms with Crippen molar-refractivity contribution < 1.29 is 0 Å². The quantitative estimate of drug-likeness (QED) is 0.874. The molecule has 18 heavy (non-hydrogen) atoms. The van der Waals surface area contributed by atoms with Gasteiger partial charge in [0.05, 0.1) is 11.4 Å². The lowest BCUT2D eigenvalue weighted by atomic mass is 9.85. The summed E-state index contributed by atoms with van der Waals surface area (Å²) in [5, 5.41) is 8.44. The molecule has 0 saturated heterocycles. The molecular weight excluding hydrogens is 224 g/mol. The second kappa shape index (κ2) is 6.32. The highest BCUT2D eigenvalue weighted by molar-refractivity contribution is 5.11. The van der Waals surface area contributed by atoms with Crippen LogP contribution in [0.4, 0.5) is 0 Å². The van der Waals surface area contributed by atoms with Crippen LogP contribution in [-0.4, -0.2) is 15.0 Å². The van der Waals surface area contributed by atoms with Crippen molar-refractivity contribution >= 4 is 0 Å². The lowest BCUT2D eigenvalue weighted by Crippen LogP contribution is -2.13. The highest BCUT2D eigenvalue weighted by Crippen LogP contribution is 2.28. The second-order valence-corrected chi connectivity index (χ2v) is 5.77. The van der Waals surface area contributed by atoms with Crippen LogP contribution in [0.5, 0.6) is 0 Å². The van der Waals surface area contributed by atoms with Crippen LogP contribution in [0, 0.1) is 5.92 Å². The summed E-state index contributed by atoms with van der Waals surface area (Å²) in [4.78, 5) is 0. The zero-order chi connectivity index (χ0) is 13.0. The van der Waals surface area contributed by atoms with Gasteiger partial charge in [-0.2, -0.15) is 0 Å². The fourth-order valence-corrected chi connectivity index (χ4v) is 3.00. The van der Waals surface area contributed by atoms with Gasteiger partial charge < -0.3 is 5.73 Å². The van der Waals surface area contributed by atoms with Crippen LogP contribution in [0.25, 0.3) is 0 Å². The van der Waals surface area contributed by atoms with Gasteiger partial charge in [-0.15, -0.1) is 5.10 Å². The van der Waals surface area contributed by atoms with Crippen molar-refractivity contribution in [1.29, 1.82) is 0 Å². The summed E-state index contributed by atoms with van der Waals surface area (Å²) < 4.78 is 2.05. The molecular formula is C14H26N4. The fraction of sp³-hybridized carbons (Fsp3) is 0.857. The Hall–Kier alpha value is -0.900. The largest absolute Gasteiger partial charge is 0.325 e. The van der Waals surface area contributed by atoms with Crippen molar-refractivity contribution in [3.63, 3.8) is 0 Å². The minimum absolute atomic E-state index is 0.374. The summed E-state index contributed by atoms with van der Waals surface area (Å²) in [5.74, 6) is 0.903. The van der Waals surface area contributed by atoms with E-state index in [9.17, 15) is 0 Å². The molecule has 1 aromatic rings. The third-order valence-electron chi connectivity index (χ3n) is 4.07. The highest BCUT2D eigenvalue weighted by atomic mass is 15.4. The zero-order valence-electron chi connectivity index (χ0n) is 11.7. The standard InChI is InChI=1S/C14H26N4/c1-11(2)18-14(13(10-15)16-17-18)9-8-12-6-4-3-5-7-12/h11-12H,3-10,15H2,1-2H3. The first-order chi connectivity index (χ1) is 8.72. The van der Waals surface area contributed by atoms with Gasteiger partial charge in [-0.25, -0.2) is 4.68 Å². The SMILES string of the molecule is CC(C)n1nnc(CN)c1CCC1CCCCC1. The van der Waals surface area contributed by atoms with Gasteiger partial charge >= 0.3 is 0 Å². The Bertz CT molecular complexity index is 364. The number of aromatic nitrogens is 3. The minimum atomic E-state index is 0.374. The van der Waals surface area contributed by atoms with E-state index in [4.69, 9.17) is 5.73 Å². The molecule has 1 aliphatic carbocycles. The number of hydrogen-bond acceptors (Lipinski definition) is 3. The third-order valence-corrected chi connectivity index (χ3v) is 4.07. The van der Waals surface area contributed by atoms with Crippen LogP contribution in [0.3, 0.4) is 0 Å². The second-order valence-electron chi connectivity index (χ2n) is 5.77. The molecule has 4 nitrogen and oxygen atoms in total. The van der Waals surface area contributed by atoms with Gasteiger partial charge in [0.2, 0.25) is 0 Å². The fourth-order valence-electron chi connectivity index (χ4n) is 3.00.